The molecule has 2 rings (SSSR count). The van der Waals surface area contributed by atoms with E-state index in [1.54, 1.807) is 19.1 Å². The van der Waals surface area contributed by atoms with E-state index in [4.69, 9.17) is 5.73 Å². The highest BCUT2D eigenvalue weighted by molar-refractivity contribution is 9.10. The van der Waals surface area contributed by atoms with Gasteiger partial charge < -0.3 is 11.1 Å². The van der Waals surface area contributed by atoms with E-state index in [1.165, 1.54) is 6.07 Å². The molecule has 0 amide bonds. The lowest BCUT2D eigenvalue weighted by Crippen LogP contribution is -2.02. The van der Waals surface area contributed by atoms with E-state index >= 15 is 0 Å². The number of halogens is 2. The van der Waals surface area contributed by atoms with Crippen molar-refractivity contribution >= 4 is 33.3 Å². The second-order valence-corrected chi connectivity index (χ2v) is 4.79. The molecule has 1 aromatic carbocycles. The standard InChI is InChI=1S/C12H12BrFN4/c1-6-3-9(14)8(13)4-10(6)18-12-5-11(15)16-7(2)17-12/h3-5H,1-2H3,(H3,15,16,17,18). The summed E-state index contributed by atoms with van der Waals surface area (Å²) in [5.41, 5.74) is 7.19. The molecule has 0 saturated carbocycles. The van der Waals surface area contributed by atoms with Crippen LogP contribution in [0.3, 0.4) is 0 Å². The van der Waals surface area contributed by atoms with Gasteiger partial charge in [0.15, 0.2) is 0 Å². The first-order chi connectivity index (χ1) is 8.45. The Kier molecular flexibility index (Phi) is 3.47. The Balaban J connectivity index is 2.36. The van der Waals surface area contributed by atoms with Crippen LogP contribution in [0, 0.1) is 19.7 Å². The molecular weight excluding hydrogens is 299 g/mol. The normalized spacial score (nSPS) is 10.4. The predicted molar refractivity (Wildman–Crippen MR) is 73.3 cm³/mol. The second kappa shape index (κ2) is 4.89. The first kappa shape index (κ1) is 12.8. The van der Waals surface area contributed by atoms with Gasteiger partial charge in [0.2, 0.25) is 0 Å². The van der Waals surface area contributed by atoms with Crippen LogP contribution in [0.4, 0.5) is 21.7 Å². The topological polar surface area (TPSA) is 63.8 Å². The number of aromatic nitrogens is 2. The van der Waals surface area contributed by atoms with Crippen LogP contribution in [-0.2, 0) is 0 Å². The average Bonchev–Trinajstić information content (AvgIpc) is 2.24. The number of hydrogen-bond donors (Lipinski definition) is 2. The molecule has 0 fully saturated rings. The molecule has 0 aliphatic heterocycles. The number of nitrogen functional groups attached to an aromatic ring is 1. The van der Waals surface area contributed by atoms with Crippen molar-refractivity contribution in [1.82, 2.24) is 9.97 Å². The maximum atomic E-state index is 13.3. The summed E-state index contributed by atoms with van der Waals surface area (Å²) in [5.74, 6) is 1.26. The predicted octanol–water partition coefficient (Wildman–Crippen LogP) is 3.32. The molecule has 94 valence electrons. The SMILES string of the molecule is Cc1nc(N)cc(Nc2cc(Br)c(F)cc2C)n1. The van der Waals surface area contributed by atoms with Gasteiger partial charge in [-0.15, -0.1) is 0 Å². The number of nitrogens with two attached hydrogens (primary N) is 1. The number of nitrogens with zero attached hydrogens (tertiary/aromatic N) is 2. The number of aryl methyl sites for hydroxylation is 2. The Morgan fingerprint density at radius 2 is 1.94 bits per heavy atom. The van der Waals surface area contributed by atoms with Gasteiger partial charge in [-0.05, 0) is 47.5 Å². The Bertz CT molecular complexity index is 581. The number of nitrogens with one attached hydrogen (secondary N) is 1. The minimum absolute atomic E-state index is 0.295. The summed E-state index contributed by atoms with van der Waals surface area (Å²) in [4.78, 5) is 8.20. The summed E-state index contributed by atoms with van der Waals surface area (Å²) < 4.78 is 13.7. The van der Waals surface area contributed by atoms with Crippen molar-refractivity contribution in [3.63, 3.8) is 0 Å². The average molecular weight is 311 g/mol. The van der Waals surface area contributed by atoms with Crippen LogP contribution in [0.25, 0.3) is 0 Å². The summed E-state index contributed by atoms with van der Waals surface area (Å²) >= 11 is 3.15. The zero-order chi connectivity index (χ0) is 13.3. The monoisotopic (exact) mass is 310 g/mol. The molecule has 0 aliphatic rings. The maximum Gasteiger partial charge on any atom is 0.137 e. The number of benzene rings is 1. The van der Waals surface area contributed by atoms with Crippen molar-refractivity contribution in [3.8, 4) is 0 Å². The van der Waals surface area contributed by atoms with Crippen molar-refractivity contribution in [2.45, 2.75) is 13.8 Å². The molecule has 18 heavy (non-hydrogen) atoms. The van der Waals surface area contributed by atoms with Crippen LogP contribution in [0.2, 0.25) is 0 Å². The van der Waals surface area contributed by atoms with Gasteiger partial charge in [-0.2, -0.15) is 0 Å². The van der Waals surface area contributed by atoms with Crippen molar-refractivity contribution in [2.24, 2.45) is 0 Å². The number of rotatable bonds is 2. The molecule has 6 heteroatoms. The molecule has 1 aromatic heterocycles. The third-order valence-corrected chi connectivity index (χ3v) is 3.00. The van der Waals surface area contributed by atoms with Gasteiger partial charge in [-0.3, -0.25) is 0 Å². The van der Waals surface area contributed by atoms with Crippen LogP contribution in [0.15, 0.2) is 22.7 Å². The first-order valence-corrected chi connectivity index (χ1v) is 6.09. The summed E-state index contributed by atoms with van der Waals surface area (Å²) in [5, 5.41) is 3.09. The first-order valence-electron chi connectivity index (χ1n) is 5.29. The van der Waals surface area contributed by atoms with Gasteiger partial charge >= 0.3 is 0 Å². The maximum absolute atomic E-state index is 13.3. The van der Waals surface area contributed by atoms with E-state index in [2.05, 4.69) is 31.2 Å². The Morgan fingerprint density at radius 1 is 1.22 bits per heavy atom. The summed E-state index contributed by atoms with van der Waals surface area (Å²) in [6.07, 6.45) is 0. The Morgan fingerprint density at radius 3 is 2.61 bits per heavy atom. The highest BCUT2D eigenvalue weighted by Crippen LogP contribution is 2.26. The molecule has 3 N–H and O–H groups in total. The molecule has 0 unspecified atom stereocenters. The highest BCUT2D eigenvalue weighted by Gasteiger charge is 2.07. The van der Waals surface area contributed by atoms with Crippen molar-refractivity contribution < 1.29 is 4.39 Å². The molecular formula is C12H12BrFN4. The molecule has 1 heterocycles. The number of hydrogen-bond acceptors (Lipinski definition) is 4. The largest absolute Gasteiger partial charge is 0.384 e. The van der Waals surface area contributed by atoms with Crippen molar-refractivity contribution in [3.05, 3.63) is 39.9 Å². The van der Waals surface area contributed by atoms with Crippen LogP contribution in [-0.4, -0.2) is 9.97 Å². The fourth-order valence-corrected chi connectivity index (χ4v) is 1.92. The second-order valence-electron chi connectivity index (χ2n) is 3.93. The van der Waals surface area contributed by atoms with Gasteiger partial charge in [0, 0.05) is 11.8 Å². The van der Waals surface area contributed by atoms with Crippen LogP contribution >= 0.6 is 15.9 Å². The minimum Gasteiger partial charge on any atom is -0.384 e. The van der Waals surface area contributed by atoms with E-state index in [0.717, 1.165) is 11.3 Å². The third kappa shape index (κ3) is 2.76. The van der Waals surface area contributed by atoms with Crippen LogP contribution < -0.4 is 11.1 Å². The quantitative estimate of drug-likeness (QED) is 0.893. The van der Waals surface area contributed by atoms with E-state index < -0.39 is 0 Å². The van der Waals surface area contributed by atoms with Gasteiger partial charge in [0.1, 0.15) is 23.3 Å². The molecule has 0 aliphatic carbocycles. The minimum atomic E-state index is -0.295. The zero-order valence-electron chi connectivity index (χ0n) is 9.96. The smallest absolute Gasteiger partial charge is 0.137 e. The summed E-state index contributed by atoms with van der Waals surface area (Å²) in [6, 6.07) is 4.74. The molecule has 0 saturated heterocycles. The van der Waals surface area contributed by atoms with Gasteiger partial charge in [0.25, 0.3) is 0 Å². The molecule has 0 radical (unpaired) electrons. The van der Waals surface area contributed by atoms with E-state index in [1.807, 2.05) is 6.92 Å². The van der Waals surface area contributed by atoms with Gasteiger partial charge in [-0.1, -0.05) is 0 Å². The number of anilines is 3. The molecule has 4 nitrogen and oxygen atoms in total. The molecule has 0 atom stereocenters. The fraction of sp³-hybridized carbons (Fsp3) is 0.167. The van der Waals surface area contributed by atoms with Crippen LogP contribution in [0.1, 0.15) is 11.4 Å². The Hall–Kier alpha value is -1.69. The van der Waals surface area contributed by atoms with Crippen LogP contribution in [0.5, 0.6) is 0 Å². The lowest BCUT2D eigenvalue weighted by atomic mass is 10.2. The third-order valence-electron chi connectivity index (χ3n) is 2.39. The van der Waals surface area contributed by atoms with Crippen molar-refractivity contribution in [1.29, 1.82) is 0 Å². The molecule has 0 bridgehead atoms. The van der Waals surface area contributed by atoms with E-state index in [9.17, 15) is 4.39 Å². The Labute approximate surface area is 113 Å². The lowest BCUT2D eigenvalue weighted by Gasteiger charge is -2.10. The highest BCUT2D eigenvalue weighted by atomic mass is 79.9. The van der Waals surface area contributed by atoms with Gasteiger partial charge in [0.05, 0.1) is 4.47 Å². The molecule has 0 spiro atoms. The van der Waals surface area contributed by atoms with Crippen molar-refractivity contribution in [2.75, 3.05) is 11.1 Å². The van der Waals surface area contributed by atoms with Gasteiger partial charge in [-0.25, -0.2) is 14.4 Å². The summed E-state index contributed by atoms with van der Waals surface area (Å²) in [7, 11) is 0. The summed E-state index contributed by atoms with van der Waals surface area (Å²) in [6.45, 7) is 3.57. The fourth-order valence-electron chi connectivity index (χ4n) is 1.57. The van der Waals surface area contributed by atoms with E-state index in [-0.39, 0.29) is 5.82 Å². The zero-order valence-corrected chi connectivity index (χ0v) is 11.5. The molecule has 2 aromatic rings. The van der Waals surface area contributed by atoms with E-state index in [0.29, 0.717) is 21.9 Å². The lowest BCUT2D eigenvalue weighted by molar-refractivity contribution is 0.620.